The number of rotatable bonds is 10. The van der Waals surface area contributed by atoms with Crippen LogP contribution >= 0.6 is 0 Å². The molecule has 0 radical (unpaired) electrons. The molecule has 122 valence electrons. The molecular weight excluding hydrogens is 284 g/mol. The standard InChI is InChI=1S/C16H24N2O4/c17-10-4-2-1-3-5-15(20)18-14(16(21)22)11-12-6-8-13(19)9-7-12/h6-9,14,19H,1-5,10-11,17H2,(H,18,20)(H,21,22)/t14-/m0/s1. The number of nitrogens with two attached hydrogens (primary N) is 1. The summed E-state index contributed by atoms with van der Waals surface area (Å²) in [6.07, 6.45) is 4.09. The topological polar surface area (TPSA) is 113 Å². The number of phenols is 1. The third-order valence-corrected chi connectivity index (χ3v) is 3.37. The zero-order chi connectivity index (χ0) is 16.4. The van der Waals surface area contributed by atoms with Crippen LogP contribution in [0.2, 0.25) is 0 Å². The van der Waals surface area contributed by atoms with Crippen molar-refractivity contribution in [2.24, 2.45) is 5.73 Å². The van der Waals surface area contributed by atoms with Gasteiger partial charge in [-0.3, -0.25) is 4.79 Å². The lowest BCUT2D eigenvalue weighted by atomic mass is 10.1. The average Bonchev–Trinajstić information content (AvgIpc) is 2.48. The van der Waals surface area contributed by atoms with Crippen LogP contribution in [0.1, 0.15) is 37.7 Å². The Morgan fingerprint density at radius 2 is 1.73 bits per heavy atom. The minimum Gasteiger partial charge on any atom is -0.508 e. The Hall–Kier alpha value is -2.08. The Kier molecular flexibility index (Phi) is 7.99. The Morgan fingerprint density at radius 1 is 1.09 bits per heavy atom. The molecule has 1 amide bonds. The highest BCUT2D eigenvalue weighted by Gasteiger charge is 2.20. The van der Waals surface area contributed by atoms with E-state index >= 15 is 0 Å². The maximum atomic E-state index is 11.8. The van der Waals surface area contributed by atoms with Gasteiger partial charge in [0, 0.05) is 12.8 Å². The Balaban J connectivity index is 2.41. The molecule has 0 fully saturated rings. The van der Waals surface area contributed by atoms with E-state index in [-0.39, 0.29) is 18.1 Å². The molecule has 1 aromatic carbocycles. The van der Waals surface area contributed by atoms with E-state index in [4.69, 9.17) is 5.73 Å². The van der Waals surface area contributed by atoms with Gasteiger partial charge in [0.1, 0.15) is 11.8 Å². The lowest BCUT2D eigenvalue weighted by Crippen LogP contribution is -2.42. The normalized spacial score (nSPS) is 11.9. The molecule has 22 heavy (non-hydrogen) atoms. The molecule has 1 aromatic rings. The Labute approximate surface area is 130 Å². The second-order valence-corrected chi connectivity index (χ2v) is 5.28. The van der Waals surface area contributed by atoms with Gasteiger partial charge in [-0.2, -0.15) is 0 Å². The molecule has 0 saturated heterocycles. The van der Waals surface area contributed by atoms with Crippen molar-refractivity contribution in [1.82, 2.24) is 5.32 Å². The van der Waals surface area contributed by atoms with Gasteiger partial charge >= 0.3 is 5.97 Å². The first-order valence-corrected chi connectivity index (χ1v) is 7.53. The molecule has 0 heterocycles. The van der Waals surface area contributed by atoms with Gasteiger partial charge in [0.15, 0.2) is 0 Å². The zero-order valence-corrected chi connectivity index (χ0v) is 12.6. The second-order valence-electron chi connectivity index (χ2n) is 5.28. The van der Waals surface area contributed by atoms with Crippen LogP contribution in [0.3, 0.4) is 0 Å². The largest absolute Gasteiger partial charge is 0.508 e. The summed E-state index contributed by atoms with van der Waals surface area (Å²) in [7, 11) is 0. The maximum absolute atomic E-state index is 11.8. The van der Waals surface area contributed by atoms with Crippen molar-refractivity contribution in [2.75, 3.05) is 6.54 Å². The van der Waals surface area contributed by atoms with Gasteiger partial charge < -0.3 is 21.3 Å². The number of aliphatic carboxylic acids is 1. The molecule has 0 spiro atoms. The van der Waals surface area contributed by atoms with E-state index < -0.39 is 12.0 Å². The number of aromatic hydroxyl groups is 1. The highest BCUT2D eigenvalue weighted by molar-refractivity contribution is 5.83. The van der Waals surface area contributed by atoms with Crippen molar-refractivity contribution in [3.8, 4) is 5.75 Å². The minimum atomic E-state index is -1.07. The number of carbonyl (C=O) groups is 2. The number of amides is 1. The summed E-state index contributed by atoms with van der Waals surface area (Å²) < 4.78 is 0. The van der Waals surface area contributed by atoms with Gasteiger partial charge in [-0.15, -0.1) is 0 Å². The fraction of sp³-hybridized carbons (Fsp3) is 0.500. The van der Waals surface area contributed by atoms with E-state index in [9.17, 15) is 19.8 Å². The lowest BCUT2D eigenvalue weighted by molar-refractivity contribution is -0.141. The fourth-order valence-corrected chi connectivity index (χ4v) is 2.12. The molecule has 5 N–H and O–H groups in total. The van der Waals surface area contributed by atoms with E-state index in [0.717, 1.165) is 31.2 Å². The number of unbranched alkanes of at least 4 members (excludes halogenated alkanes) is 3. The molecule has 6 nitrogen and oxygen atoms in total. The van der Waals surface area contributed by atoms with Crippen molar-refractivity contribution in [3.63, 3.8) is 0 Å². The number of phenolic OH excluding ortho intramolecular Hbond substituents is 1. The molecule has 0 aromatic heterocycles. The van der Waals surface area contributed by atoms with Crippen LogP contribution < -0.4 is 11.1 Å². The van der Waals surface area contributed by atoms with Crippen LogP contribution in [-0.4, -0.2) is 34.7 Å². The molecule has 0 saturated carbocycles. The summed E-state index contributed by atoms with van der Waals surface area (Å²) >= 11 is 0. The van der Waals surface area contributed by atoms with Gasteiger partial charge in [-0.25, -0.2) is 4.79 Å². The van der Waals surface area contributed by atoms with Crippen molar-refractivity contribution >= 4 is 11.9 Å². The number of carboxylic acid groups (broad SMARTS) is 1. The second kappa shape index (κ2) is 9.78. The van der Waals surface area contributed by atoms with Crippen molar-refractivity contribution in [2.45, 2.75) is 44.6 Å². The molecular formula is C16H24N2O4. The summed E-state index contributed by atoms with van der Waals surface area (Å²) in [5.41, 5.74) is 6.14. The fourth-order valence-electron chi connectivity index (χ4n) is 2.12. The number of hydrogen-bond donors (Lipinski definition) is 4. The number of nitrogens with one attached hydrogen (secondary N) is 1. The van der Waals surface area contributed by atoms with Gasteiger partial charge in [0.25, 0.3) is 0 Å². The highest BCUT2D eigenvalue weighted by atomic mass is 16.4. The first-order chi connectivity index (χ1) is 10.5. The summed E-state index contributed by atoms with van der Waals surface area (Å²) in [6.45, 7) is 0.653. The van der Waals surface area contributed by atoms with Crippen LogP contribution in [-0.2, 0) is 16.0 Å². The van der Waals surface area contributed by atoms with E-state index in [1.165, 1.54) is 12.1 Å². The van der Waals surface area contributed by atoms with E-state index in [0.29, 0.717) is 13.0 Å². The summed E-state index contributed by atoms with van der Waals surface area (Å²) in [5.74, 6) is -1.19. The average molecular weight is 308 g/mol. The van der Waals surface area contributed by atoms with Gasteiger partial charge in [0.2, 0.25) is 5.91 Å². The number of benzene rings is 1. The van der Waals surface area contributed by atoms with Gasteiger partial charge in [-0.05, 0) is 37.1 Å². The first kappa shape index (κ1) is 18.0. The van der Waals surface area contributed by atoms with E-state index in [1.807, 2.05) is 0 Å². The third kappa shape index (κ3) is 7.08. The predicted molar refractivity (Wildman–Crippen MR) is 83.5 cm³/mol. The molecule has 0 bridgehead atoms. The predicted octanol–water partition coefficient (Wildman–Crippen LogP) is 1.41. The SMILES string of the molecule is NCCCCCCC(=O)N[C@@H](Cc1ccc(O)cc1)C(=O)O. The number of carbonyl (C=O) groups excluding carboxylic acids is 1. The van der Waals surface area contributed by atoms with Crippen LogP contribution in [0.25, 0.3) is 0 Å². The number of carboxylic acids is 1. The van der Waals surface area contributed by atoms with Gasteiger partial charge in [-0.1, -0.05) is 25.0 Å². The number of hydrogen-bond acceptors (Lipinski definition) is 4. The molecule has 6 heteroatoms. The smallest absolute Gasteiger partial charge is 0.326 e. The summed E-state index contributed by atoms with van der Waals surface area (Å²) in [5, 5.41) is 21.0. The quantitative estimate of drug-likeness (QED) is 0.488. The first-order valence-electron chi connectivity index (χ1n) is 7.53. The molecule has 0 aliphatic heterocycles. The summed E-state index contributed by atoms with van der Waals surface area (Å²) in [6, 6.07) is 5.32. The molecule has 1 rings (SSSR count). The van der Waals surface area contributed by atoms with Crippen LogP contribution in [0, 0.1) is 0 Å². The lowest BCUT2D eigenvalue weighted by Gasteiger charge is -2.14. The molecule has 0 aliphatic rings. The van der Waals surface area contributed by atoms with E-state index in [2.05, 4.69) is 5.32 Å². The molecule has 0 aliphatic carbocycles. The van der Waals surface area contributed by atoms with Gasteiger partial charge in [0.05, 0.1) is 0 Å². The van der Waals surface area contributed by atoms with Crippen LogP contribution in [0.15, 0.2) is 24.3 Å². The minimum absolute atomic E-state index is 0.122. The molecule has 0 unspecified atom stereocenters. The molecule has 1 atom stereocenters. The highest BCUT2D eigenvalue weighted by Crippen LogP contribution is 2.11. The van der Waals surface area contributed by atoms with Crippen LogP contribution in [0.4, 0.5) is 0 Å². The van der Waals surface area contributed by atoms with Crippen molar-refractivity contribution in [3.05, 3.63) is 29.8 Å². The van der Waals surface area contributed by atoms with E-state index in [1.54, 1.807) is 12.1 Å². The third-order valence-electron chi connectivity index (χ3n) is 3.37. The van der Waals surface area contributed by atoms with Crippen LogP contribution in [0.5, 0.6) is 5.75 Å². The van der Waals surface area contributed by atoms with Crippen molar-refractivity contribution < 1.29 is 19.8 Å². The van der Waals surface area contributed by atoms with Crippen molar-refractivity contribution in [1.29, 1.82) is 0 Å². The Morgan fingerprint density at radius 3 is 2.32 bits per heavy atom. The monoisotopic (exact) mass is 308 g/mol. The Bertz CT molecular complexity index is 474. The maximum Gasteiger partial charge on any atom is 0.326 e. The zero-order valence-electron chi connectivity index (χ0n) is 12.6. The summed E-state index contributed by atoms with van der Waals surface area (Å²) in [4.78, 5) is 23.0.